The van der Waals surface area contributed by atoms with Gasteiger partial charge in [0, 0.05) is 0 Å². The Morgan fingerprint density at radius 2 is 1.27 bits per heavy atom. The van der Waals surface area contributed by atoms with Crippen LogP contribution in [-0.2, 0) is 6.42 Å². The maximum Gasteiger partial charge on any atom is 0.0657 e. The standard InChI is InChI=1S/C12H11B.C12H27P/c13-8-7-10-5-6-11-3-1-2-4-12(11)9-10;1-4-7-10-13(11-8-5-2)12-9-6-3/h1-6,9H,7-8H2;4-12H2,1-3H3. The van der Waals surface area contributed by atoms with Gasteiger partial charge in [0.05, 0.1) is 7.85 Å². The van der Waals surface area contributed by atoms with Gasteiger partial charge in [0.25, 0.3) is 0 Å². The summed E-state index contributed by atoms with van der Waals surface area (Å²) in [5.74, 6) is 0. The third-order valence-electron chi connectivity index (χ3n) is 4.73. The van der Waals surface area contributed by atoms with E-state index in [9.17, 15) is 0 Å². The smallest absolute Gasteiger partial charge is 0.0657 e. The van der Waals surface area contributed by atoms with E-state index < -0.39 is 0 Å². The molecule has 0 spiro atoms. The summed E-state index contributed by atoms with van der Waals surface area (Å²) in [7, 11) is 5.93. The van der Waals surface area contributed by atoms with Crippen LogP contribution in [0.3, 0.4) is 0 Å². The maximum absolute atomic E-state index is 5.50. The number of rotatable bonds is 11. The van der Waals surface area contributed by atoms with Crippen molar-refractivity contribution in [1.29, 1.82) is 0 Å². The van der Waals surface area contributed by atoms with E-state index in [0.717, 1.165) is 12.7 Å². The summed E-state index contributed by atoms with van der Waals surface area (Å²) in [4.78, 5) is 0. The molecule has 2 aromatic carbocycles. The normalized spacial score (nSPS) is 10.8. The number of benzene rings is 2. The summed E-state index contributed by atoms with van der Waals surface area (Å²) in [5.41, 5.74) is 1.32. The van der Waals surface area contributed by atoms with Gasteiger partial charge >= 0.3 is 0 Å². The summed E-state index contributed by atoms with van der Waals surface area (Å²) in [6, 6.07) is 14.9. The Hall–Kier alpha value is -0.805. The molecule has 26 heavy (non-hydrogen) atoms. The maximum atomic E-state index is 5.50. The number of unbranched alkanes of at least 4 members (excludes halogenated alkanes) is 3. The zero-order valence-corrected chi connectivity index (χ0v) is 18.2. The summed E-state index contributed by atoms with van der Waals surface area (Å²) in [5, 5.41) is 2.59. The fourth-order valence-electron chi connectivity index (χ4n) is 3.04. The quantitative estimate of drug-likeness (QED) is 0.280. The summed E-state index contributed by atoms with van der Waals surface area (Å²) in [6.45, 7) is 6.94. The Morgan fingerprint density at radius 3 is 1.77 bits per heavy atom. The molecule has 2 radical (unpaired) electrons. The molecule has 0 atom stereocenters. The zero-order chi connectivity index (χ0) is 19.0. The van der Waals surface area contributed by atoms with E-state index >= 15 is 0 Å². The lowest BCUT2D eigenvalue weighted by molar-refractivity contribution is 0.847. The largest absolute Gasteiger partial charge is 0.107 e. The molecule has 0 nitrogen and oxygen atoms in total. The highest BCUT2D eigenvalue weighted by atomic mass is 31.1. The summed E-state index contributed by atoms with van der Waals surface area (Å²) in [6.07, 6.45) is 14.9. The molecular formula is C24H38BP. The van der Waals surface area contributed by atoms with Gasteiger partial charge in [0.1, 0.15) is 0 Å². The monoisotopic (exact) mass is 368 g/mol. The molecule has 2 rings (SSSR count). The van der Waals surface area contributed by atoms with E-state index in [1.165, 1.54) is 54.9 Å². The first-order valence-electron chi connectivity index (χ1n) is 10.6. The molecule has 2 aromatic rings. The average Bonchev–Trinajstić information content (AvgIpc) is 2.68. The van der Waals surface area contributed by atoms with Crippen LogP contribution in [0, 0.1) is 0 Å². The van der Waals surface area contributed by atoms with Crippen LogP contribution in [0.4, 0.5) is 0 Å². The molecule has 0 bridgehead atoms. The number of hydrogen-bond acceptors (Lipinski definition) is 0. The van der Waals surface area contributed by atoms with Gasteiger partial charge in [-0.3, -0.25) is 0 Å². The Morgan fingerprint density at radius 1 is 0.731 bits per heavy atom. The van der Waals surface area contributed by atoms with Gasteiger partial charge in [-0.05, 0) is 60.5 Å². The minimum atomic E-state index is 0.422. The van der Waals surface area contributed by atoms with Crippen LogP contribution >= 0.6 is 7.92 Å². The van der Waals surface area contributed by atoms with Crippen LogP contribution in [0.2, 0.25) is 6.32 Å². The minimum absolute atomic E-state index is 0.422. The molecule has 2 heteroatoms. The third kappa shape index (κ3) is 9.77. The van der Waals surface area contributed by atoms with Crippen molar-refractivity contribution in [2.45, 2.75) is 72.0 Å². The molecule has 0 saturated heterocycles. The Labute approximate surface area is 165 Å². The van der Waals surface area contributed by atoms with E-state index in [4.69, 9.17) is 7.85 Å². The van der Waals surface area contributed by atoms with E-state index in [1.807, 2.05) is 0 Å². The lowest BCUT2D eigenvalue weighted by Gasteiger charge is -2.16. The van der Waals surface area contributed by atoms with Gasteiger partial charge in [-0.25, -0.2) is 0 Å². The third-order valence-corrected chi connectivity index (χ3v) is 7.58. The first kappa shape index (κ1) is 23.2. The first-order valence-corrected chi connectivity index (χ1v) is 12.5. The molecule has 0 aromatic heterocycles. The second-order valence-corrected chi connectivity index (χ2v) is 9.81. The van der Waals surface area contributed by atoms with Crippen LogP contribution in [0.5, 0.6) is 0 Å². The molecular weight excluding hydrogens is 330 g/mol. The van der Waals surface area contributed by atoms with Crippen molar-refractivity contribution in [3.8, 4) is 0 Å². The molecule has 0 heterocycles. The molecule has 0 saturated carbocycles. The second kappa shape index (κ2) is 15.3. The first-order chi connectivity index (χ1) is 12.7. The second-order valence-electron chi connectivity index (χ2n) is 7.12. The predicted molar refractivity (Wildman–Crippen MR) is 124 cm³/mol. The highest BCUT2D eigenvalue weighted by Crippen LogP contribution is 2.38. The highest BCUT2D eigenvalue weighted by molar-refractivity contribution is 7.57. The van der Waals surface area contributed by atoms with E-state index in [-0.39, 0.29) is 0 Å². The molecule has 0 aliphatic carbocycles. The molecule has 0 fully saturated rings. The van der Waals surface area contributed by atoms with Gasteiger partial charge in [0.15, 0.2) is 0 Å². The molecule has 0 N–H and O–H groups in total. The van der Waals surface area contributed by atoms with Crippen LogP contribution in [0.25, 0.3) is 10.8 Å². The lowest BCUT2D eigenvalue weighted by atomic mass is 9.96. The molecule has 0 unspecified atom stereocenters. The van der Waals surface area contributed by atoms with Crippen molar-refractivity contribution in [2.24, 2.45) is 0 Å². The fourth-order valence-corrected chi connectivity index (χ4v) is 6.00. The minimum Gasteiger partial charge on any atom is -0.107 e. The highest BCUT2D eigenvalue weighted by Gasteiger charge is 2.05. The van der Waals surface area contributed by atoms with Crippen molar-refractivity contribution in [2.75, 3.05) is 18.5 Å². The average molecular weight is 368 g/mol. The molecule has 142 valence electrons. The van der Waals surface area contributed by atoms with Crippen LogP contribution in [0.15, 0.2) is 42.5 Å². The Kier molecular flexibility index (Phi) is 13.6. The molecule has 0 aliphatic rings. The summed E-state index contributed by atoms with van der Waals surface area (Å²) >= 11 is 0. The number of fused-ring (bicyclic) bond motifs is 1. The Balaban J connectivity index is 0.000000260. The Bertz CT molecular complexity index is 562. The van der Waals surface area contributed by atoms with Gasteiger partial charge < -0.3 is 0 Å². The van der Waals surface area contributed by atoms with Crippen molar-refractivity contribution in [3.05, 3.63) is 48.0 Å². The van der Waals surface area contributed by atoms with Crippen LogP contribution in [0.1, 0.15) is 64.9 Å². The van der Waals surface area contributed by atoms with Gasteiger partial charge in [-0.2, -0.15) is 0 Å². The van der Waals surface area contributed by atoms with E-state index in [2.05, 4.69) is 63.2 Å². The van der Waals surface area contributed by atoms with Crippen LogP contribution in [-0.4, -0.2) is 26.3 Å². The number of aryl methyl sites for hydroxylation is 1. The number of hydrogen-bond donors (Lipinski definition) is 0. The lowest BCUT2D eigenvalue weighted by Crippen LogP contribution is -1.95. The van der Waals surface area contributed by atoms with E-state index in [0.29, 0.717) is 7.92 Å². The predicted octanol–water partition coefficient (Wildman–Crippen LogP) is 7.84. The van der Waals surface area contributed by atoms with Crippen molar-refractivity contribution in [1.82, 2.24) is 0 Å². The van der Waals surface area contributed by atoms with Gasteiger partial charge in [-0.1, -0.05) is 88.8 Å². The fraction of sp³-hybridized carbons (Fsp3) is 0.583. The van der Waals surface area contributed by atoms with Crippen molar-refractivity contribution >= 4 is 26.5 Å². The van der Waals surface area contributed by atoms with Crippen molar-refractivity contribution < 1.29 is 0 Å². The summed E-state index contributed by atoms with van der Waals surface area (Å²) < 4.78 is 0. The van der Waals surface area contributed by atoms with Crippen LogP contribution < -0.4 is 0 Å². The van der Waals surface area contributed by atoms with E-state index in [1.54, 1.807) is 18.5 Å². The van der Waals surface area contributed by atoms with Gasteiger partial charge in [0.2, 0.25) is 0 Å². The van der Waals surface area contributed by atoms with Gasteiger partial charge in [-0.15, -0.1) is 7.92 Å². The zero-order valence-electron chi connectivity index (χ0n) is 17.3. The SMILES string of the molecule is CCCCP(CCCC)CCCC.[B]CCc1ccc2ccccc2c1. The van der Waals surface area contributed by atoms with Crippen molar-refractivity contribution in [3.63, 3.8) is 0 Å². The topological polar surface area (TPSA) is 0 Å². The molecule has 0 aliphatic heterocycles. The molecule has 0 amide bonds.